The molecule has 0 rings (SSSR count). The van der Waals surface area contributed by atoms with Crippen molar-refractivity contribution in [2.24, 2.45) is 0 Å². The molecule has 0 aliphatic rings. The molecule has 0 spiro atoms. The van der Waals surface area contributed by atoms with Crippen molar-refractivity contribution in [3.63, 3.8) is 0 Å². The maximum Gasteiger partial charge on any atom is 0.193 e. The summed E-state index contributed by atoms with van der Waals surface area (Å²) in [6.45, 7) is 2.80. The molecular formula is C5H11O4S2. The summed E-state index contributed by atoms with van der Waals surface area (Å²) >= 11 is 0. The van der Waals surface area contributed by atoms with Crippen LogP contribution in [0, 0.1) is 5.08 Å². The summed E-state index contributed by atoms with van der Waals surface area (Å²) in [5, 5.41) is 0.431. The van der Waals surface area contributed by atoms with Gasteiger partial charge in [0.2, 0.25) is 0 Å². The lowest BCUT2D eigenvalue weighted by Gasteiger charge is -1.98. The zero-order chi connectivity index (χ0) is 9.12. The molecule has 0 amide bonds. The normalized spacial score (nSPS) is 13.3. The Labute approximate surface area is 67.4 Å². The summed E-state index contributed by atoms with van der Waals surface area (Å²) in [5.41, 5.74) is 0. The van der Waals surface area contributed by atoms with Crippen LogP contribution in [0.25, 0.3) is 0 Å². The molecule has 0 aliphatic heterocycles. The smallest absolute Gasteiger partial charge is 0.193 e. The largest absolute Gasteiger partial charge is 0.227 e. The van der Waals surface area contributed by atoms with E-state index in [4.69, 9.17) is 0 Å². The van der Waals surface area contributed by atoms with Gasteiger partial charge in [-0.1, -0.05) is 13.8 Å². The highest BCUT2D eigenvalue weighted by Gasteiger charge is 2.19. The highest BCUT2D eigenvalue weighted by molar-refractivity contribution is 8.11. The van der Waals surface area contributed by atoms with Gasteiger partial charge < -0.3 is 0 Å². The van der Waals surface area contributed by atoms with Gasteiger partial charge in [-0.2, -0.15) is 0 Å². The molecule has 0 aromatic rings. The molecule has 0 aromatic heterocycles. The zero-order valence-corrected chi connectivity index (χ0v) is 8.07. The minimum atomic E-state index is -3.50. The van der Waals surface area contributed by atoms with Gasteiger partial charge in [0.05, 0.1) is 0 Å². The molecule has 6 heteroatoms. The van der Waals surface area contributed by atoms with E-state index in [9.17, 15) is 16.8 Å². The Bertz CT molecular complexity index is 265. The van der Waals surface area contributed by atoms with E-state index >= 15 is 0 Å². The third-order valence-corrected chi connectivity index (χ3v) is 5.05. The van der Waals surface area contributed by atoms with E-state index in [1.165, 1.54) is 13.8 Å². The van der Waals surface area contributed by atoms with Gasteiger partial charge >= 0.3 is 0 Å². The molecule has 0 saturated carbocycles. The van der Waals surface area contributed by atoms with E-state index in [2.05, 4.69) is 0 Å². The minimum Gasteiger partial charge on any atom is -0.227 e. The number of rotatable bonds is 4. The van der Waals surface area contributed by atoms with Crippen LogP contribution in [0.5, 0.6) is 0 Å². The SMILES string of the molecule is CCS(=O)(=O)[CH]S(=O)(=O)CC. The number of sulfone groups is 2. The van der Waals surface area contributed by atoms with Crippen molar-refractivity contribution in [2.45, 2.75) is 13.8 Å². The second-order valence-corrected chi connectivity index (χ2v) is 6.58. The standard InChI is InChI=1S/C5H11O4S2/c1-3-10(6,7)5-11(8,9)4-2/h5H,3-4H2,1-2H3. The van der Waals surface area contributed by atoms with Crippen LogP contribution in [0.15, 0.2) is 0 Å². The summed E-state index contributed by atoms with van der Waals surface area (Å²) in [6, 6.07) is 0. The van der Waals surface area contributed by atoms with Crippen LogP contribution in [0.1, 0.15) is 13.8 Å². The van der Waals surface area contributed by atoms with Crippen LogP contribution in [-0.4, -0.2) is 28.3 Å². The first-order valence-corrected chi connectivity index (χ1v) is 6.56. The summed E-state index contributed by atoms with van der Waals surface area (Å²) in [5.74, 6) is -0.349. The third kappa shape index (κ3) is 4.36. The van der Waals surface area contributed by atoms with Gasteiger partial charge in [0.1, 0.15) is 0 Å². The highest BCUT2D eigenvalue weighted by Crippen LogP contribution is 2.04. The summed E-state index contributed by atoms with van der Waals surface area (Å²) in [7, 11) is -7.00. The van der Waals surface area contributed by atoms with Crippen LogP contribution in [0.3, 0.4) is 0 Å². The molecule has 0 bridgehead atoms. The van der Waals surface area contributed by atoms with Gasteiger partial charge in [-0.25, -0.2) is 16.8 Å². The minimum absolute atomic E-state index is 0.174. The van der Waals surface area contributed by atoms with Crippen molar-refractivity contribution < 1.29 is 16.8 Å². The Morgan fingerprint density at radius 3 is 1.36 bits per heavy atom. The van der Waals surface area contributed by atoms with E-state index in [0.29, 0.717) is 5.08 Å². The lowest BCUT2D eigenvalue weighted by molar-refractivity contribution is 0.596. The second-order valence-electron chi connectivity index (χ2n) is 2.00. The van der Waals surface area contributed by atoms with Gasteiger partial charge in [0.15, 0.2) is 24.8 Å². The van der Waals surface area contributed by atoms with Crippen LogP contribution in [-0.2, 0) is 19.7 Å². The molecule has 67 valence electrons. The molecular weight excluding hydrogens is 188 g/mol. The first-order valence-electron chi connectivity index (χ1n) is 3.13. The van der Waals surface area contributed by atoms with Crippen LogP contribution >= 0.6 is 0 Å². The third-order valence-electron chi connectivity index (χ3n) is 1.10. The predicted molar refractivity (Wildman–Crippen MR) is 43.2 cm³/mol. The van der Waals surface area contributed by atoms with Crippen molar-refractivity contribution in [2.75, 3.05) is 11.5 Å². The first-order chi connectivity index (χ1) is 4.83. The quantitative estimate of drug-likeness (QED) is 0.638. The van der Waals surface area contributed by atoms with E-state index in [1.54, 1.807) is 0 Å². The lowest BCUT2D eigenvalue weighted by Crippen LogP contribution is -2.13. The van der Waals surface area contributed by atoms with Gasteiger partial charge in [0, 0.05) is 11.5 Å². The van der Waals surface area contributed by atoms with Gasteiger partial charge in [-0.3, -0.25) is 0 Å². The van der Waals surface area contributed by atoms with Gasteiger partial charge in [-0.05, 0) is 0 Å². The van der Waals surface area contributed by atoms with E-state index in [1.807, 2.05) is 0 Å². The topological polar surface area (TPSA) is 68.3 Å². The summed E-state index contributed by atoms with van der Waals surface area (Å²) in [4.78, 5) is 0. The molecule has 11 heavy (non-hydrogen) atoms. The Morgan fingerprint density at radius 2 is 1.18 bits per heavy atom. The Kier molecular flexibility index (Phi) is 3.50. The average molecular weight is 199 g/mol. The van der Waals surface area contributed by atoms with Crippen molar-refractivity contribution in [1.29, 1.82) is 0 Å². The fraction of sp³-hybridized carbons (Fsp3) is 0.800. The van der Waals surface area contributed by atoms with Crippen LogP contribution in [0.4, 0.5) is 0 Å². The molecule has 4 nitrogen and oxygen atoms in total. The fourth-order valence-corrected chi connectivity index (χ4v) is 3.24. The Hall–Kier alpha value is -0.100. The molecule has 0 heterocycles. The monoisotopic (exact) mass is 199 g/mol. The molecule has 0 atom stereocenters. The molecule has 0 unspecified atom stereocenters. The maximum absolute atomic E-state index is 10.7. The van der Waals surface area contributed by atoms with E-state index in [-0.39, 0.29) is 11.5 Å². The van der Waals surface area contributed by atoms with Gasteiger partial charge in [-0.15, -0.1) is 0 Å². The molecule has 0 N–H and O–H groups in total. The summed E-state index contributed by atoms with van der Waals surface area (Å²) in [6.07, 6.45) is 0. The van der Waals surface area contributed by atoms with Crippen LogP contribution in [0.2, 0.25) is 0 Å². The van der Waals surface area contributed by atoms with Crippen molar-refractivity contribution >= 4 is 19.7 Å². The Morgan fingerprint density at radius 1 is 0.909 bits per heavy atom. The molecule has 1 radical (unpaired) electrons. The van der Waals surface area contributed by atoms with Crippen molar-refractivity contribution in [3.05, 3.63) is 5.08 Å². The van der Waals surface area contributed by atoms with Crippen molar-refractivity contribution in [1.82, 2.24) is 0 Å². The zero-order valence-electron chi connectivity index (χ0n) is 6.44. The molecule has 0 aromatic carbocycles. The molecule has 0 fully saturated rings. The first kappa shape index (κ1) is 10.9. The fourth-order valence-electron chi connectivity index (χ4n) is 0.359. The average Bonchev–Trinajstić information content (AvgIpc) is 1.86. The Balaban J connectivity index is 4.54. The van der Waals surface area contributed by atoms with E-state index in [0.717, 1.165) is 0 Å². The maximum atomic E-state index is 10.7. The summed E-state index contributed by atoms with van der Waals surface area (Å²) < 4.78 is 43.0. The highest BCUT2D eigenvalue weighted by atomic mass is 32.3. The number of hydrogen-bond acceptors (Lipinski definition) is 4. The molecule has 0 saturated heterocycles. The lowest BCUT2D eigenvalue weighted by atomic mass is 11.0. The number of hydrogen-bond donors (Lipinski definition) is 0. The second kappa shape index (κ2) is 3.53. The molecule has 0 aliphatic carbocycles. The van der Waals surface area contributed by atoms with Gasteiger partial charge in [0.25, 0.3) is 0 Å². The van der Waals surface area contributed by atoms with E-state index < -0.39 is 19.7 Å². The predicted octanol–water partition coefficient (Wildman–Crippen LogP) is -0.0249. The van der Waals surface area contributed by atoms with Crippen LogP contribution < -0.4 is 0 Å². The van der Waals surface area contributed by atoms with Crippen molar-refractivity contribution in [3.8, 4) is 0 Å².